The second kappa shape index (κ2) is 5.51. The largest absolute Gasteiger partial charge is 0.478 e. The van der Waals surface area contributed by atoms with E-state index in [9.17, 15) is 9.18 Å². The Morgan fingerprint density at radius 3 is 2.88 bits per heavy atom. The van der Waals surface area contributed by atoms with E-state index in [0.717, 1.165) is 0 Å². The Bertz CT molecular complexity index is 432. The number of carboxylic acid groups (broad SMARTS) is 1. The first kappa shape index (κ1) is 12.5. The summed E-state index contributed by atoms with van der Waals surface area (Å²) in [5, 5.41) is 11.5. The lowest BCUT2D eigenvalue weighted by molar-refractivity contribution is -0.132. The van der Waals surface area contributed by atoms with Crippen molar-refractivity contribution in [3.63, 3.8) is 0 Å². The predicted octanol–water partition coefficient (Wildman–Crippen LogP) is 2.92. The zero-order valence-electron chi connectivity index (χ0n) is 8.63. The number of anilines is 1. The van der Waals surface area contributed by atoms with Crippen LogP contribution in [0.3, 0.4) is 0 Å². The molecule has 0 aliphatic rings. The van der Waals surface area contributed by atoms with Gasteiger partial charge in [0.15, 0.2) is 0 Å². The minimum Gasteiger partial charge on any atom is -0.478 e. The summed E-state index contributed by atoms with van der Waals surface area (Å²) in [5.74, 6) is -1.48. The van der Waals surface area contributed by atoms with Gasteiger partial charge in [-0.15, -0.1) is 0 Å². The third-order valence-corrected chi connectivity index (χ3v) is 2.28. The lowest BCUT2D eigenvalue weighted by atomic mass is 10.2. The molecule has 1 aromatic rings. The summed E-state index contributed by atoms with van der Waals surface area (Å²) >= 11 is 5.51. The highest BCUT2D eigenvalue weighted by Crippen LogP contribution is 2.18. The number of aliphatic carboxylic acids is 1. The van der Waals surface area contributed by atoms with E-state index in [1.54, 1.807) is 6.07 Å². The van der Waals surface area contributed by atoms with Crippen LogP contribution in [0.25, 0.3) is 0 Å². The average molecular weight is 244 g/mol. The van der Waals surface area contributed by atoms with Gasteiger partial charge >= 0.3 is 5.97 Å². The van der Waals surface area contributed by atoms with Crippen LogP contribution in [-0.4, -0.2) is 17.6 Å². The van der Waals surface area contributed by atoms with Gasteiger partial charge < -0.3 is 10.4 Å². The number of benzene rings is 1. The molecule has 0 atom stereocenters. The van der Waals surface area contributed by atoms with Gasteiger partial charge in [0.1, 0.15) is 5.82 Å². The highest BCUT2D eigenvalue weighted by atomic mass is 35.5. The molecule has 0 bridgehead atoms. The predicted molar refractivity (Wildman–Crippen MR) is 61.3 cm³/mol. The Kier molecular flexibility index (Phi) is 4.31. The molecule has 2 N–H and O–H groups in total. The first-order valence-electron chi connectivity index (χ1n) is 4.59. The van der Waals surface area contributed by atoms with Crippen molar-refractivity contribution in [2.45, 2.75) is 6.92 Å². The monoisotopic (exact) mass is 243 g/mol. The van der Waals surface area contributed by atoms with Gasteiger partial charge in [-0.05, 0) is 25.1 Å². The minimum atomic E-state index is -0.968. The van der Waals surface area contributed by atoms with Crippen LogP contribution in [0.15, 0.2) is 29.8 Å². The number of rotatable bonds is 4. The Morgan fingerprint density at radius 1 is 1.62 bits per heavy atom. The van der Waals surface area contributed by atoms with Crippen LogP contribution >= 0.6 is 11.6 Å². The van der Waals surface area contributed by atoms with Crippen molar-refractivity contribution < 1.29 is 14.3 Å². The van der Waals surface area contributed by atoms with Crippen LogP contribution in [0.2, 0.25) is 5.02 Å². The molecule has 3 nitrogen and oxygen atoms in total. The maximum atomic E-state index is 13.0. The van der Waals surface area contributed by atoms with Gasteiger partial charge in [0.05, 0.1) is 5.02 Å². The number of hydrogen-bond acceptors (Lipinski definition) is 2. The summed E-state index contributed by atoms with van der Waals surface area (Å²) in [6, 6.07) is 4.31. The van der Waals surface area contributed by atoms with Gasteiger partial charge in [-0.2, -0.15) is 0 Å². The molecular formula is C11H11ClFNO2. The molecule has 0 radical (unpaired) electrons. The van der Waals surface area contributed by atoms with E-state index in [2.05, 4.69) is 5.32 Å². The Balaban J connectivity index is 2.59. The van der Waals surface area contributed by atoms with E-state index in [0.29, 0.717) is 12.2 Å². The van der Waals surface area contributed by atoms with Crippen molar-refractivity contribution in [2.75, 3.05) is 11.9 Å². The Labute approximate surface area is 97.5 Å². The molecular weight excluding hydrogens is 233 g/mol. The molecule has 0 spiro atoms. The lowest BCUT2D eigenvalue weighted by Crippen LogP contribution is -2.03. The Morgan fingerprint density at radius 2 is 2.31 bits per heavy atom. The normalized spacial score (nSPS) is 11.3. The highest BCUT2D eigenvalue weighted by molar-refractivity contribution is 6.30. The number of nitrogens with one attached hydrogen (secondary N) is 1. The van der Waals surface area contributed by atoms with E-state index >= 15 is 0 Å². The maximum absolute atomic E-state index is 13.0. The van der Waals surface area contributed by atoms with E-state index in [1.165, 1.54) is 25.1 Å². The zero-order valence-corrected chi connectivity index (χ0v) is 9.38. The number of carbonyl (C=O) groups is 1. The minimum absolute atomic E-state index is 0.0582. The van der Waals surface area contributed by atoms with Crippen molar-refractivity contribution in [3.8, 4) is 0 Å². The SMILES string of the molecule is C/C(=C/CNc1ccc(Cl)c(F)c1)C(=O)O. The molecule has 0 aliphatic carbocycles. The summed E-state index contributed by atoms with van der Waals surface area (Å²) in [7, 11) is 0. The third kappa shape index (κ3) is 3.55. The molecule has 0 saturated carbocycles. The summed E-state index contributed by atoms with van der Waals surface area (Å²) in [5.41, 5.74) is 0.790. The summed E-state index contributed by atoms with van der Waals surface area (Å²) in [6.45, 7) is 1.81. The van der Waals surface area contributed by atoms with Crippen molar-refractivity contribution in [1.29, 1.82) is 0 Å². The first-order chi connectivity index (χ1) is 7.50. The zero-order chi connectivity index (χ0) is 12.1. The molecule has 86 valence electrons. The van der Waals surface area contributed by atoms with E-state index < -0.39 is 11.8 Å². The van der Waals surface area contributed by atoms with Gasteiger partial charge in [0.25, 0.3) is 0 Å². The van der Waals surface area contributed by atoms with Crippen LogP contribution in [0.5, 0.6) is 0 Å². The molecule has 1 rings (SSSR count). The quantitative estimate of drug-likeness (QED) is 0.800. The average Bonchev–Trinajstić information content (AvgIpc) is 2.23. The molecule has 1 aromatic carbocycles. The van der Waals surface area contributed by atoms with E-state index in [1.807, 2.05) is 0 Å². The maximum Gasteiger partial charge on any atom is 0.331 e. The smallest absolute Gasteiger partial charge is 0.331 e. The molecule has 16 heavy (non-hydrogen) atoms. The van der Waals surface area contributed by atoms with E-state index in [-0.39, 0.29) is 10.6 Å². The van der Waals surface area contributed by atoms with Crippen LogP contribution < -0.4 is 5.32 Å². The summed E-state index contributed by atoms with van der Waals surface area (Å²) in [6.07, 6.45) is 1.51. The molecule has 0 unspecified atom stereocenters. The van der Waals surface area contributed by atoms with Crippen molar-refractivity contribution >= 4 is 23.3 Å². The standard InChI is InChI=1S/C11H11ClFNO2/c1-7(11(15)16)4-5-14-8-2-3-9(12)10(13)6-8/h2-4,6,14H,5H2,1H3,(H,15,16)/b7-4-. The molecule has 0 aliphatic heterocycles. The van der Waals surface area contributed by atoms with Gasteiger partial charge in [-0.25, -0.2) is 9.18 Å². The van der Waals surface area contributed by atoms with Gasteiger partial charge in [-0.1, -0.05) is 17.7 Å². The molecule has 0 aromatic heterocycles. The first-order valence-corrected chi connectivity index (χ1v) is 4.97. The molecule has 0 fully saturated rings. The van der Waals surface area contributed by atoms with Crippen molar-refractivity contribution in [2.24, 2.45) is 0 Å². The number of hydrogen-bond donors (Lipinski definition) is 2. The molecule has 0 saturated heterocycles. The second-order valence-electron chi connectivity index (χ2n) is 3.20. The summed E-state index contributed by atoms with van der Waals surface area (Å²) < 4.78 is 13.0. The number of halogens is 2. The van der Waals surface area contributed by atoms with E-state index in [4.69, 9.17) is 16.7 Å². The second-order valence-corrected chi connectivity index (χ2v) is 3.61. The van der Waals surface area contributed by atoms with Crippen LogP contribution in [-0.2, 0) is 4.79 Å². The van der Waals surface area contributed by atoms with Gasteiger partial charge in [0.2, 0.25) is 0 Å². The fourth-order valence-electron chi connectivity index (χ4n) is 1.02. The number of carboxylic acids is 1. The topological polar surface area (TPSA) is 49.3 Å². The summed E-state index contributed by atoms with van der Waals surface area (Å²) in [4.78, 5) is 10.5. The molecule has 5 heteroatoms. The van der Waals surface area contributed by atoms with Crippen LogP contribution in [0.4, 0.5) is 10.1 Å². The fraction of sp³-hybridized carbons (Fsp3) is 0.182. The van der Waals surface area contributed by atoms with Crippen LogP contribution in [0, 0.1) is 5.82 Å². The van der Waals surface area contributed by atoms with Crippen molar-refractivity contribution in [3.05, 3.63) is 40.7 Å². The van der Waals surface area contributed by atoms with Gasteiger partial charge in [-0.3, -0.25) is 0 Å². The third-order valence-electron chi connectivity index (χ3n) is 1.97. The van der Waals surface area contributed by atoms with Crippen LogP contribution in [0.1, 0.15) is 6.92 Å². The molecule has 0 amide bonds. The molecule has 0 heterocycles. The van der Waals surface area contributed by atoms with Crippen molar-refractivity contribution in [1.82, 2.24) is 0 Å². The lowest BCUT2D eigenvalue weighted by Gasteiger charge is -2.04. The highest BCUT2D eigenvalue weighted by Gasteiger charge is 2.01. The Hall–Kier alpha value is -1.55. The fourth-order valence-corrected chi connectivity index (χ4v) is 1.13. The van der Waals surface area contributed by atoms with Gasteiger partial charge in [0, 0.05) is 17.8 Å².